The summed E-state index contributed by atoms with van der Waals surface area (Å²) < 4.78 is 0. The molecule has 12 heteroatoms. The standard InChI is InChI=1S/C15H26N4O7S/c1-7(21)11(13(23)17-9(6-27)15(25)26)18-12(22)10-3-2-4-19(10)14(24)8(16)5-20/h7-11,20-21,27H,2-6,16H2,1H3,(H,17,23)(H,18,22)(H,25,26). The highest BCUT2D eigenvalue weighted by atomic mass is 32.1. The second kappa shape index (κ2) is 10.4. The van der Waals surface area contributed by atoms with E-state index >= 15 is 0 Å². The highest BCUT2D eigenvalue weighted by Crippen LogP contribution is 2.18. The average Bonchev–Trinajstić information content (AvgIpc) is 3.11. The van der Waals surface area contributed by atoms with E-state index in [4.69, 9.17) is 15.9 Å². The molecule has 11 nitrogen and oxygen atoms in total. The highest BCUT2D eigenvalue weighted by Gasteiger charge is 2.38. The van der Waals surface area contributed by atoms with Gasteiger partial charge in [-0.2, -0.15) is 12.6 Å². The van der Waals surface area contributed by atoms with E-state index in [2.05, 4.69) is 23.3 Å². The molecule has 0 aromatic heterocycles. The molecule has 0 radical (unpaired) electrons. The monoisotopic (exact) mass is 406 g/mol. The van der Waals surface area contributed by atoms with Gasteiger partial charge in [0.2, 0.25) is 17.7 Å². The van der Waals surface area contributed by atoms with Crippen LogP contribution in [0.5, 0.6) is 0 Å². The van der Waals surface area contributed by atoms with E-state index in [-0.39, 0.29) is 12.3 Å². The summed E-state index contributed by atoms with van der Waals surface area (Å²) in [5.74, 6) is -3.63. The number of nitrogens with one attached hydrogen (secondary N) is 2. The Labute approximate surface area is 161 Å². The number of hydrogen-bond donors (Lipinski definition) is 7. The van der Waals surface area contributed by atoms with Crippen LogP contribution in [0.15, 0.2) is 0 Å². The molecule has 1 saturated heterocycles. The Morgan fingerprint density at radius 1 is 1.30 bits per heavy atom. The predicted octanol–water partition coefficient (Wildman–Crippen LogP) is -3.34. The molecule has 0 saturated carbocycles. The molecule has 0 aromatic carbocycles. The number of nitrogens with zero attached hydrogens (tertiary/aromatic N) is 1. The summed E-state index contributed by atoms with van der Waals surface area (Å²) in [6.45, 7) is 0.972. The van der Waals surface area contributed by atoms with Crippen LogP contribution in [-0.2, 0) is 19.2 Å². The Morgan fingerprint density at radius 3 is 2.41 bits per heavy atom. The molecule has 5 unspecified atom stereocenters. The van der Waals surface area contributed by atoms with Crippen LogP contribution in [-0.4, -0.2) is 93.1 Å². The fourth-order valence-electron chi connectivity index (χ4n) is 2.70. The van der Waals surface area contributed by atoms with Gasteiger partial charge in [0, 0.05) is 12.3 Å². The summed E-state index contributed by atoms with van der Waals surface area (Å²) in [4.78, 5) is 49.2. The van der Waals surface area contributed by atoms with E-state index in [0.717, 1.165) is 0 Å². The van der Waals surface area contributed by atoms with Gasteiger partial charge in [-0.25, -0.2) is 4.79 Å². The number of likely N-dealkylation sites (tertiary alicyclic amines) is 1. The number of nitrogens with two attached hydrogens (primary N) is 1. The molecule has 0 aromatic rings. The number of carbonyl (C=O) groups excluding carboxylic acids is 3. The van der Waals surface area contributed by atoms with Crippen molar-refractivity contribution in [2.24, 2.45) is 5.73 Å². The minimum atomic E-state index is -1.41. The summed E-state index contributed by atoms with van der Waals surface area (Å²) in [5, 5.41) is 32.4. The lowest BCUT2D eigenvalue weighted by Gasteiger charge is -2.29. The molecule has 0 spiro atoms. The fourth-order valence-corrected chi connectivity index (χ4v) is 2.94. The Kier molecular flexibility index (Phi) is 8.96. The first-order valence-corrected chi connectivity index (χ1v) is 9.06. The molecule has 154 valence electrons. The lowest BCUT2D eigenvalue weighted by atomic mass is 10.1. The predicted molar refractivity (Wildman–Crippen MR) is 96.8 cm³/mol. The normalized spacial score (nSPS) is 21.1. The van der Waals surface area contributed by atoms with E-state index in [1.807, 2.05) is 0 Å². The number of carboxylic acids is 1. The molecule has 7 N–H and O–H groups in total. The maximum Gasteiger partial charge on any atom is 0.327 e. The number of carboxylic acid groups (broad SMARTS) is 1. The number of amides is 3. The zero-order valence-electron chi connectivity index (χ0n) is 14.9. The van der Waals surface area contributed by atoms with Crippen LogP contribution in [0.1, 0.15) is 19.8 Å². The van der Waals surface area contributed by atoms with Gasteiger partial charge in [-0.3, -0.25) is 14.4 Å². The molecule has 3 amide bonds. The Bertz CT molecular complexity index is 574. The first-order chi connectivity index (χ1) is 12.6. The number of aliphatic carboxylic acids is 1. The molecule has 0 bridgehead atoms. The van der Waals surface area contributed by atoms with Gasteiger partial charge in [0.25, 0.3) is 0 Å². The van der Waals surface area contributed by atoms with Gasteiger partial charge in [0.05, 0.1) is 12.7 Å². The summed E-state index contributed by atoms with van der Waals surface area (Å²) in [6.07, 6.45) is -0.444. The minimum absolute atomic E-state index is 0.175. The van der Waals surface area contributed by atoms with Crippen molar-refractivity contribution in [3.63, 3.8) is 0 Å². The average molecular weight is 406 g/mol. The number of aliphatic hydroxyl groups is 2. The molecule has 1 fully saturated rings. The van der Waals surface area contributed by atoms with Crippen LogP contribution < -0.4 is 16.4 Å². The van der Waals surface area contributed by atoms with E-state index in [1.165, 1.54) is 11.8 Å². The maximum absolute atomic E-state index is 12.5. The second-order valence-corrected chi connectivity index (χ2v) is 6.65. The first-order valence-electron chi connectivity index (χ1n) is 8.43. The van der Waals surface area contributed by atoms with Crippen LogP contribution in [0.2, 0.25) is 0 Å². The lowest BCUT2D eigenvalue weighted by molar-refractivity contribution is -0.143. The molecule has 27 heavy (non-hydrogen) atoms. The van der Waals surface area contributed by atoms with Crippen LogP contribution in [0.3, 0.4) is 0 Å². The van der Waals surface area contributed by atoms with Gasteiger partial charge < -0.3 is 36.6 Å². The fraction of sp³-hybridized carbons (Fsp3) is 0.733. The summed E-state index contributed by atoms with van der Waals surface area (Å²) in [6, 6.07) is -4.75. The smallest absolute Gasteiger partial charge is 0.327 e. The number of carbonyl (C=O) groups is 4. The zero-order chi connectivity index (χ0) is 20.7. The van der Waals surface area contributed by atoms with Crippen LogP contribution in [0.4, 0.5) is 0 Å². The minimum Gasteiger partial charge on any atom is -0.480 e. The Hall–Kier alpha value is -1.89. The molecule has 0 aliphatic carbocycles. The van der Waals surface area contributed by atoms with Crippen molar-refractivity contribution in [2.75, 3.05) is 18.9 Å². The van der Waals surface area contributed by atoms with Crippen molar-refractivity contribution >= 4 is 36.3 Å². The van der Waals surface area contributed by atoms with Crippen LogP contribution >= 0.6 is 12.6 Å². The Balaban J connectivity index is 2.84. The van der Waals surface area contributed by atoms with Crippen molar-refractivity contribution in [1.82, 2.24) is 15.5 Å². The van der Waals surface area contributed by atoms with E-state index in [0.29, 0.717) is 12.8 Å². The number of thiol groups is 1. The molecular weight excluding hydrogens is 380 g/mol. The summed E-state index contributed by atoms with van der Waals surface area (Å²) in [5.41, 5.74) is 5.51. The SMILES string of the molecule is CC(O)C(NC(=O)C1CCCN1C(=O)C(N)CO)C(=O)NC(CS)C(=O)O. The van der Waals surface area contributed by atoms with Crippen molar-refractivity contribution in [2.45, 2.75) is 50.0 Å². The summed E-state index contributed by atoms with van der Waals surface area (Å²) in [7, 11) is 0. The van der Waals surface area contributed by atoms with Gasteiger partial charge in [-0.05, 0) is 19.8 Å². The van der Waals surface area contributed by atoms with Crippen molar-refractivity contribution in [1.29, 1.82) is 0 Å². The molecular formula is C15H26N4O7S. The number of hydrogen-bond acceptors (Lipinski definition) is 8. The molecule has 1 aliphatic rings. The number of rotatable bonds is 9. The number of aliphatic hydroxyl groups excluding tert-OH is 2. The zero-order valence-corrected chi connectivity index (χ0v) is 15.8. The maximum atomic E-state index is 12.5. The summed E-state index contributed by atoms with van der Waals surface area (Å²) >= 11 is 3.83. The van der Waals surface area contributed by atoms with Crippen LogP contribution in [0, 0.1) is 0 Å². The quantitative estimate of drug-likeness (QED) is 0.194. The molecule has 5 atom stereocenters. The van der Waals surface area contributed by atoms with Gasteiger partial charge in [0.1, 0.15) is 24.2 Å². The van der Waals surface area contributed by atoms with E-state index < -0.39 is 60.6 Å². The highest BCUT2D eigenvalue weighted by molar-refractivity contribution is 7.80. The Morgan fingerprint density at radius 2 is 1.93 bits per heavy atom. The van der Waals surface area contributed by atoms with Crippen molar-refractivity contribution in [3.05, 3.63) is 0 Å². The molecule has 1 heterocycles. The molecule has 1 rings (SSSR count). The van der Waals surface area contributed by atoms with Gasteiger partial charge in [-0.15, -0.1) is 0 Å². The van der Waals surface area contributed by atoms with E-state index in [1.54, 1.807) is 0 Å². The first kappa shape index (κ1) is 23.1. The largest absolute Gasteiger partial charge is 0.480 e. The van der Waals surface area contributed by atoms with Gasteiger partial charge in [0.15, 0.2) is 0 Å². The van der Waals surface area contributed by atoms with Gasteiger partial charge in [-0.1, -0.05) is 0 Å². The van der Waals surface area contributed by atoms with E-state index in [9.17, 15) is 24.3 Å². The van der Waals surface area contributed by atoms with Gasteiger partial charge >= 0.3 is 5.97 Å². The van der Waals surface area contributed by atoms with Crippen molar-refractivity contribution < 1.29 is 34.5 Å². The topological polar surface area (TPSA) is 182 Å². The van der Waals surface area contributed by atoms with Crippen LogP contribution in [0.25, 0.3) is 0 Å². The third-order valence-electron chi connectivity index (χ3n) is 4.21. The lowest BCUT2D eigenvalue weighted by Crippen LogP contribution is -2.59. The third kappa shape index (κ3) is 6.06. The molecule has 1 aliphatic heterocycles. The van der Waals surface area contributed by atoms with Crippen molar-refractivity contribution in [3.8, 4) is 0 Å². The third-order valence-corrected chi connectivity index (χ3v) is 4.58. The second-order valence-electron chi connectivity index (χ2n) is 6.29.